The summed E-state index contributed by atoms with van der Waals surface area (Å²) in [6.07, 6.45) is 0.0603. The van der Waals surface area contributed by atoms with Gasteiger partial charge < -0.3 is 10.6 Å². The van der Waals surface area contributed by atoms with Gasteiger partial charge in [-0.1, -0.05) is 30.0 Å². The fraction of sp³-hybridized carbons (Fsp3) is 0.200. The van der Waals surface area contributed by atoms with Crippen LogP contribution in [0.1, 0.15) is 16.1 Å². The summed E-state index contributed by atoms with van der Waals surface area (Å²) in [4.78, 5) is 24.4. The first-order chi connectivity index (χ1) is 11.1. The van der Waals surface area contributed by atoms with E-state index in [4.69, 9.17) is 0 Å². The predicted octanol–water partition coefficient (Wildman–Crippen LogP) is 3.82. The highest BCUT2D eigenvalue weighted by molar-refractivity contribution is 7.99. The molecule has 0 spiro atoms. The molecule has 2 rings (SSSR count). The molecule has 0 aliphatic heterocycles. The Balaban J connectivity index is 1.82. The Kier molecular flexibility index (Phi) is 6.54. The number of benzene rings is 1. The Hall–Kier alpha value is -1.93. The molecular weight excluding hydrogens is 342 g/mol. The van der Waals surface area contributed by atoms with Crippen LogP contribution >= 0.6 is 23.1 Å². The zero-order chi connectivity index (χ0) is 16.7. The van der Waals surface area contributed by atoms with E-state index in [2.05, 4.69) is 10.6 Å². The number of para-hydroxylation sites is 1. The number of carbonyl (C=O) groups is 2. The highest BCUT2D eigenvalue weighted by atomic mass is 32.2. The number of rotatable bonds is 7. The van der Waals surface area contributed by atoms with Crippen LogP contribution in [-0.4, -0.2) is 24.1 Å². The summed E-state index contributed by atoms with van der Waals surface area (Å²) in [6.45, 7) is 0.173. The maximum atomic E-state index is 12.5. The minimum Gasteiger partial charge on any atom is -0.351 e. The van der Waals surface area contributed by atoms with Crippen molar-refractivity contribution in [3.8, 4) is 0 Å². The van der Waals surface area contributed by atoms with Crippen LogP contribution in [-0.2, 0) is 4.79 Å². The smallest absolute Gasteiger partial charge is 0.288 e. The van der Waals surface area contributed by atoms with Crippen LogP contribution < -0.4 is 10.6 Å². The van der Waals surface area contributed by atoms with Gasteiger partial charge in [-0.15, -0.1) is 11.3 Å². The third kappa shape index (κ3) is 5.65. The maximum Gasteiger partial charge on any atom is 0.288 e. The fourth-order valence-electron chi connectivity index (χ4n) is 1.77. The molecule has 0 radical (unpaired) electrons. The van der Waals surface area contributed by atoms with E-state index in [1.54, 1.807) is 35.7 Å². The van der Waals surface area contributed by atoms with Crippen LogP contribution in [0.4, 0.5) is 14.5 Å². The van der Waals surface area contributed by atoms with E-state index in [9.17, 15) is 18.4 Å². The normalized spacial score (nSPS) is 10.6. The van der Waals surface area contributed by atoms with Crippen molar-refractivity contribution < 1.29 is 18.4 Å². The summed E-state index contributed by atoms with van der Waals surface area (Å²) in [5.74, 6) is -3.14. The molecule has 0 saturated carbocycles. The van der Waals surface area contributed by atoms with Gasteiger partial charge in [0.05, 0.1) is 10.6 Å². The van der Waals surface area contributed by atoms with E-state index in [0.717, 1.165) is 0 Å². The summed E-state index contributed by atoms with van der Waals surface area (Å²) in [6, 6.07) is 9.82. The molecule has 0 atom stereocenters. The van der Waals surface area contributed by atoms with Crippen molar-refractivity contribution in [3.05, 3.63) is 46.7 Å². The van der Waals surface area contributed by atoms with E-state index >= 15 is 0 Å². The Morgan fingerprint density at radius 3 is 2.65 bits per heavy atom. The number of anilines is 1. The third-order valence-corrected chi connectivity index (χ3v) is 4.42. The van der Waals surface area contributed by atoms with Crippen LogP contribution in [0.3, 0.4) is 0 Å². The lowest BCUT2D eigenvalue weighted by Crippen LogP contribution is -2.27. The van der Waals surface area contributed by atoms with Gasteiger partial charge in [-0.05, 0) is 23.6 Å². The lowest BCUT2D eigenvalue weighted by atomic mass is 10.3. The van der Waals surface area contributed by atoms with Gasteiger partial charge in [0.1, 0.15) is 0 Å². The van der Waals surface area contributed by atoms with Gasteiger partial charge in [0.15, 0.2) is 0 Å². The Morgan fingerprint density at radius 1 is 1.17 bits per heavy atom. The van der Waals surface area contributed by atoms with Crippen LogP contribution in [0.15, 0.2) is 46.7 Å². The first kappa shape index (κ1) is 17.4. The first-order valence-corrected chi connectivity index (χ1v) is 8.47. The van der Waals surface area contributed by atoms with E-state index in [1.165, 1.54) is 17.4 Å². The summed E-state index contributed by atoms with van der Waals surface area (Å²) < 4.78 is 24.9. The van der Waals surface area contributed by atoms with Gasteiger partial charge >= 0.3 is 0 Å². The molecule has 1 aromatic carbocycles. The van der Waals surface area contributed by atoms with Crippen LogP contribution in [0.2, 0.25) is 0 Å². The number of hydrogen-bond donors (Lipinski definition) is 2. The molecule has 0 saturated heterocycles. The van der Waals surface area contributed by atoms with Crippen molar-refractivity contribution in [1.29, 1.82) is 0 Å². The topological polar surface area (TPSA) is 58.2 Å². The van der Waals surface area contributed by atoms with E-state index in [-0.39, 0.29) is 24.8 Å². The molecule has 0 fully saturated rings. The predicted molar refractivity (Wildman–Crippen MR) is 88.2 cm³/mol. The second-order valence-electron chi connectivity index (χ2n) is 4.41. The van der Waals surface area contributed by atoms with Crippen molar-refractivity contribution in [1.82, 2.24) is 5.32 Å². The molecule has 8 heteroatoms. The monoisotopic (exact) mass is 356 g/mol. The van der Waals surface area contributed by atoms with Crippen molar-refractivity contribution in [2.24, 2.45) is 0 Å². The molecule has 2 N–H and O–H groups in total. The van der Waals surface area contributed by atoms with Crippen LogP contribution in [0.25, 0.3) is 0 Å². The Bertz CT molecular complexity index is 663. The number of thioether (sulfide) groups is 1. The average molecular weight is 356 g/mol. The molecule has 2 aromatic rings. The number of carbonyl (C=O) groups excluding carboxylic acids is 2. The van der Waals surface area contributed by atoms with Gasteiger partial charge in [0.25, 0.3) is 11.7 Å². The highest BCUT2D eigenvalue weighted by Crippen LogP contribution is 2.31. The molecule has 1 heterocycles. The van der Waals surface area contributed by atoms with Crippen molar-refractivity contribution in [3.63, 3.8) is 0 Å². The van der Waals surface area contributed by atoms with Gasteiger partial charge in [-0.25, -0.2) is 0 Å². The number of alkyl halides is 2. The first-order valence-electron chi connectivity index (χ1n) is 6.71. The second kappa shape index (κ2) is 8.64. The molecule has 0 bridgehead atoms. The van der Waals surface area contributed by atoms with Gasteiger partial charge in [0.2, 0.25) is 5.91 Å². The molecule has 4 nitrogen and oxygen atoms in total. The second-order valence-corrected chi connectivity index (χ2v) is 6.39. The van der Waals surface area contributed by atoms with Crippen LogP contribution in [0, 0.1) is 0 Å². The average Bonchev–Trinajstić information content (AvgIpc) is 3.03. The third-order valence-electron chi connectivity index (χ3n) is 2.76. The molecule has 122 valence electrons. The fourth-order valence-corrected chi connectivity index (χ4v) is 3.00. The molecule has 2 amide bonds. The number of hydrogen-bond acceptors (Lipinski definition) is 4. The molecule has 0 aliphatic rings. The number of halogens is 2. The van der Waals surface area contributed by atoms with Gasteiger partial charge in [0, 0.05) is 17.9 Å². The molecule has 0 unspecified atom stereocenters. The summed E-state index contributed by atoms with van der Waals surface area (Å²) in [7, 11) is 0. The Morgan fingerprint density at radius 2 is 1.96 bits per heavy atom. The summed E-state index contributed by atoms with van der Waals surface area (Å²) >= 11 is 1.69. The summed E-state index contributed by atoms with van der Waals surface area (Å²) in [5.41, 5.74) is 0.340. The van der Waals surface area contributed by atoms with Crippen molar-refractivity contribution >= 4 is 40.6 Å². The minimum atomic E-state index is -2.56. The van der Waals surface area contributed by atoms with Gasteiger partial charge in [-0.3, -0.25) is 9.59 Å². The van der Waals surface area contributed by atoms with Crippen molar-refractivity contribution in [2.45, 2.75) is 17.1 Å². The van der Waals surface area contributed by atoms with Gasteiger partial charge in [-0.2, -0.15) is 8.78 Å². The van der Waals surface area contributed by atoms with E-state index in [1.807, 2.05) is 0 Å². The number of thiophene rings is 1. The number of amides is 2. The zero-order valence-corrected chi connectivity index (χ0v) is 13.6. The van der Waals surface area contributed by atoms with E-state index < -0.39 is 5.76 Å². The lowest BCUT2D eigenvalue weighted by Gasteiger charge is -2.10. The number of nitrogens with one attached hydrogen (secondary N) is 2. The van der Waals surface area contributed by atoms with E-state index in [0.29, 0.717) is 27.2 Å². The summed E-state index contributed by atoms with van der Waals surface area (Å²) in [5, 5.41) is 7.01. The minimum absolute atomic E-state index is 0.0603. The standard InChI is InChI=1S/C15H14F2N2O2S2/c16-15(17)23-11-5-2-1-4-10(11)19-13(20)7-8-18-14(21)12-6-3-9-22-12/h1-6,9,15H,7-8H2,(H,18,21)(H,19,20). The highest BCUT2D eigenvalue weighted by Gasteiger charge is 2.12. The Labute approximate surface area is 140 Å². The molecule has 0 aliphatic carbocycles. The van der Waals surface area contributed by atoms with Crippen molar-refractivity contribution in [2.75, 3.05) is 11.9 Å². The largest absolute Gasteiger partial charge is 0.351 e. The maximum absolute atomic E-state index is 12.5. The quantitative estimate of drug-likeness (QED) is 0.742. The SMILES string of the molecule is O=C(CCNC(=O)c1cccs1)Nc1ccccc1SC(F)F. The lowest BCUT2D eigenvalue weighted by molar-refractivity contribution is -0.116. The van der Waals surface area contributed by atoms with Crippen LogP contribution in [0.5, 0.6) is 0 Å². The zero-order valence-electron chi connectivity index (χ0n) is 11.9. The molecular formula is C15H14F2N2O2S2. The molecule has 1 aromatic heterocycles. The molecule has 23 heavy (non-hydrogen) atoms.